The van der Waals surface area contributed by atoms with Crippen LogP contribution in [-0.2, 0) is 0 Å². The minimum atomic E-state index is -5.81. The predicted octanol–water partition coefficient (Wildman–Crippen LogP) is 3.61. The number of ether oxygens (including phenoxy) is 1. The number of rotatable bonds is 3. The van der Waals surface area contributed by atoms with Gasteiger partial charge in [0.1, 0.15) is 11.6 Å². The van der Waals surface area contributed by atoms with E-state index in [4.69, 9.17) is 0 Å². The topological polar surface area (TPSA) is 52.4 Å². The van der Waals surface area contributed by atoms with Crippen LogP contribution in [0.15, 0.2) is 18.2 Å². The van der Waals surface area contributed by atoms with Gasteiger partial charge < -0.3 is 4.74 Å². The molecule has 0 aliphatic carbocycles. The number of nitro benzene ring substituents is 1. The number of halogens is 7. The maximum atomic E-state index is 12.9. The molecule has 11 heteroatoms. The minimum absolute atomic E-state index is 0.178. The molecule has 0 heterocycles. The van der Waals surface area contributed by atoms with Crippen LogP contribution in [0.2, 0.25) is 0 Å². The standard InChI is InChI=1S/C9H4F7NO3/c10-4-1-5(17(18)19)3-6(2-4)20-7(8(11,12)13)9(14,15)16/h1-3,7H. The fourth-order valence-electron chi connectivity index (χ4n) is 1.18. The molecule has 4 nitrogen and oxygen atoms in total. The van der Waals surface area contributed by atoms with Crippen LogP contribution >= 0.6 is 0 Å². The molecule has 0 amide bonds. The van der Waals surface area contributed by atoms with Gasteiger partial charge in [0.2, 0.25) is 0 Å². The smallest absolute Gasteiger partial charge is 0.434 e. The molecule has 1 aromatic carbocycles. The van der Waals surface area contributed by atoms with Gasteiger partial charge in [-0.15, -0.1) is 0 Å². The van der Waals surface area contributed by atoms with Crippen LogP contribution in [-0.4, -0.2) is 23.4 Å². The SMILES string of the molecule is O=[N+]([O-])c1cc(F)cc(OC(C(F)(F)F)C(F)(F)F)c1. The number of nitrogens with zero attached hydrogens (tertiary/aromatic N) is 1. The fourth-order valence-corrected chi connectivity index (χ4v) is 1.18. The monoisotopic (exact) mass is 307 g/mol. The van der Waals surface area contributed by atoms with Gasteiger partial charge in [0.15, 0.2) is 0 Å². The van der Waals surface area contributed by atoms with Gasteiger partial charge in [0, 0.05) is 6.07 Å². The zero-order chi connectivity index (χ0) is 15.7. The highest BCUT2D eigenvalue weighted by Crippen LogP contribution is 2.37. The van der Waals surface area contributed by atoms with Crippen molar-refractivity contribution in [2.24, 2.45) is 0 Å². The average Bonchev–Trinajstić information content (AvgIpc) is 2.22. The zero-order valence-corrected chi connectivity index (χ0v) is 9.13. The van der Waals surface area contributed by atoms with E-state index in [2.05, 4.69) is 4.74 Å². The van der Waals surface area contributed by atoms with Crippen LogP contribution in [0.4, 0.5) is 36.4 Å². The van der Waals surface area contributed by atoms with Gasteiger partial charge >= 0.3 is 12.4 Å². The van der Waals surface area contributed by atoms with Gasteiger partial charge in [-0.05, 0) is 0 Å². The molecule has 0 spiro atoms. The number of hydrogen-bond donors (Lipinski definition) is 0. The Balaban J connectivity index is 3.15. The molecule has 112 valence electrons. The molecule has 0 aliphatic heterocycles. The van der Waals surface area contributed by atoms with Gasteiger partial charge in [0.05, 0.1) is 17.1 Å². The van der Waals surface area contributed by atoms with E-state index >= 15 is 0 Å². The first-order chi connectivity index (χ1) is 8.91. The van der Waals surface area contributed by atoms with Gasteiger partial charge in [0.25, 0.3) is 11.8 Å². The lowest BCUT2D eigenvalue weighted by Gasteiger charge is -2.23. The molecule has 0 atom stereocenters. The number of benzene rings is 1. The van der Waals surface area contributed by atoms with Crippen molar-refractivity contribution in [3.63, 3.8) is 0 Å². The van der Waals surface area contributed by atoms with Crippen molar-refractivity contribution in [3.8, 4) is 5.75 Å². The molecule has 1 rings (SSSR count). The zero-order valence-electron chi connectivity index (χ0n) is 9.13. The Bertz CT molecular complexity index is 497. The molecular formula is C9H4F7NO3. The fraction of sp³-hybridized carbons (Fsp3) is 0.333. The van der Waals surface area contributed by atoms with E-state index in [1.54, 1.807) is 0 Å². The average molecular weight is 307 g/mol. The van der Waals surface area contributed by atoms with Crippen molar-refractivity contribution in [1.29, 1.82) is 0 Å². The summed E-state index contributed by atoms with van der Waals surface area (Å²) in [5.74, 6) is -2.66. The van der Waals surface area contributed by atoms with Crippen LogP contribution < -0.4 is 4.74 Å². The van der Waals surface area contributed by atoms with Crippen LogP contribution in [0.3, 0.4) is 0 Å². The molecule has 0 fully saturated rings. The van der Waals surface area contributed by atoms with E-state index in [0.29, 0.717) is 6.07 Å². The molecule has 0 bridgehead atoms. The van der Waals surface area contributed by atoms with Crippen LogP contribution in [0.5, 0.6) is 5.75 Å². The highest BCUT2D eigenvalue weighted by Gasteiger charge is 2.59. The number of hydrogen-bond acceptors (Lipinski definition) is 3. The van der Waals surface area contributed by atoms with Crippen LogP contribution in [0.25, 0.3) is 0 Å². The lowest BCUT2D eigenvalue weighted by Crippen LogP contribution is -2.46. The summed E-state index contributed by atoms with van der Waals surface area (Å²) in [5, 5.41) is 10.3. The summed E-state index contributed by atoms with van der Waals surface area (Å²) < 4.78 is 89.6. The lowest BCUT2D eigenvalue weighted by molar-refractivity contribution is -0.385. The van der Waals surface area contributed by atoms with Crippen LogP contribution in [0, 0.1) is 15.9 Å². The van der Waals surface area contributed by atoms with Gasteiger partial charge in [-0.25, -0.2) is 4.39 Å². The molecule has 0 saturated carbocycles. The van der Waals surface area contributed by atoms with Crippen molar-refractivity contribution >= 4 is 5.69 Å². The Hall–Kier alpha value is -2.07. The molecule has 0 N–H and O–H groups in total. The largest absolute Gasteiger partial charge is 0.471 e. The predicted molar refractivity (Wildman–Crippen MR) is 49.6 cm³/mol. The summed E-state index contributed by atoms with van der Waals surface area (Å²) in [7, 11) is 0. The van der Waals surface area contributed by atoms with E-state index in [1.807, 2.05) is 0 Å². The lowest BCUT2D eigenvalue weighted by atomic mass is 10.2. The van der Waals surface area contributed by atoms with E-state index in [0.717, 1.165) is 0 Å². The Morgan fingerprint density at radius 3 is 1.95 bits per heavy atom. The third-order valence-electron chi connectivity index (χ3n) is 1.92. The second kappa shape index (κ2) is 5.13. The molecule has 0 aromatic heterocycles. The Kier molecular flexibility index (Phi) is 4.10. The van der Waals surface area contributed by atoms with Crippen molar-refractivity contribution in [2.45, 2.75) is 18.5 Å². The molecule has 0 radical (unpaired) electrons. The highest BCUT2D eigenvalue weighted by atomic mass is 19.4. The molecular weight excluding hydrogens is 303 g/mol. The van der Waals surface area contributed by atoms with E-state index in [1.165, 1.54) is 0 Å². The Morgan fingerprint density at radius 1 is 1.05 bits per heavy atom. The minimum Gasteiger partial charge on any atom is -0.471 e. The summed E-state index contributed by atoms with van der Waals surface area (Å²) in [5.41, 5.74) is -1.04. The highest BCUT2D eigenvalue weighted by molar-refractivity contribution is 5.39. The quantitative estimate of drug-likeness (QED) is 0.487. The number of non-ortho nitro benzene ring substituents is 1. The maximum absolute atomic E-state index is 12.9. The summed E-state index contributed by atoms with van der Waals surface area (Å²) in [4.78, 5) is 9.14. The molecule has 0 unspecified atom stereocenters. The first kappa shape index (κ1) is 16.0. The summed E-state index contributed by atoms with van der Waals surface area (Å²) in [6.07, 6.45) is -15.8. The van der Waals surface area contributed by atoms with Crippen molar-refractivity contribution in [3.05, 3.63) is 34.1 Å². The van der Waals surface area contributed by atoms with Gasteiger partial charge in [-0.1, -0.05) is 0 Å². The van der Waals surface area contributed by atoms with E-state index in [9.17, 15) is 40.8 Å². The summed E-state index contributed by atoms with van der Waals surface area (Å²) >= 11 is 0. The van der Waals surface area contributed by atoms with E-state index in [-0.39, 0.29) is 12.1 Å². The normalized spacial score (nSPS) is 12.6. The second-order valence-corrected chi connectivity index (χ2v) is 3.48. The maximum Gasteiger partial charge on any atom is 0.434 e. The van der Waals surface area contributed by atoms with Crippen molar-refractivity contribution < 1.29 is 40.4 Å². The first-order valence-electron chi connectivity index (χ1n) is 4.66. The van der Waals surface area contributed by atoms with Crippen molar-refractivity contribution in [2.75, 3.05) is 0 Å². The Morgan fingerprint density at radius 2 is 1.55 bits per heavy atom. The number of nitro groups is 1. The molecule has 1 aromatic rings. The number of alkyl halides is 6. The van der Waals surface area contributed by atoms with Gasteiger partial charge in [-0.2, -0.15) is 26.3 Å². The molecule has 20 heavy (non-hydrogen) atoms. The summed E-state index contributed by atoms with van der Waals surface area (Å²) in [6.45, 7) is 0. The molecule has 0 saturated heterocycles. The second-order valence-electron chi connectivity index (χ2n) is 3.48. The van der Waals surface area contributed by atoms with Crippen LogP contribution in [0.1, 0.15) is 0 Å². The third kappa shape index (κ3) is 3.96. The molecule has 0 aliphatic rings. The van der Waals surface area contributed by atoms with Gasteiger partial charge in [-0.3, -0.25) is 10.1 Å². The summed E-state index contributed by atoms with van der Waals surface area (Å²) in [6, 6.07) is 0.758. The third-order valence-corrected chi connectivity index (χ3v) is 1.92. The van der Waals surface area contributed by atoms with Crippen molar-refractivity contribution in [1.82, 2.24) is 0 Å². The first-order valence-corrected chi connectivity index (χ1v) is 4.66. The Labute approximate surface area is 105 Å². The van der Waals surface area contributed by atoms with E-state index < -0.39 is 40.6 Å².